The lowest BCUT2D eigenvalue weighted by Gasteiger charge is -2.12. The quantitative estimate of drug-likeness (QED) is 0.273. The lowest BCUT2D eigenvalue weighted by molar-refractivity contribution is -0.116. The summed E-state index contributed by atoms with van der Waals surface area (Å²) in [5, 5.41) is 8.39. The maximum Gasteiger partial charge on any atom is 0.246 e. The highest BCUT2D eigenvalue weighted by Crippen LogP contribution is 2.31. The summed E-state index contributed by atoms with van der Waals surface area (Å²) >= 11 is 5.90. The molecule has 5 aromatic rings. The molecule has 8 nitrogen and oxygen atoms in total. The van der Waals surface area contributed by atoms with Gasteiger partial charge in [0.15, 0.2) is 5.65 Å². The van der Waals surface area contributed by atoms with E-state index in [1.807, 2.05) is 6.07 Å². The number of hydrogen-bond acceptors (Lipinski definition) is 6. The lowest BCUT2D eigenvalue weighted by Crippen LogP contribution is -2.20. The van der Waals surface area contributed by atoms with E-state index >= 15 is 0 Å². The minimum Gasteiger partial charge on any atom is -0.497 e. The number of aromatic nitrogens is 3. The van der Waals surface area contributed by atoms with Crippen molar-refractivity contribution in [3.8, 4) is 16.9 Å². The number of pyridine rings is 1. The molecule has 0 aliphatic rings. The minimum absolute atomic E-state index is 0.0505. The van der Waals surface area contributed by atoms with Crippen LogP contribution in [0.1, 0.15) is 5.69 Å². The highest BCUT2D eigenvalue weighted by Gasteiger charge is 2.21. The van der Waals surface area contributed by atoms with Crippen molar-refractivity contribution in [1.82, 2.24) is 14.8 Å². The first-order valence-corrected chi connectivity index (χ1v) is 13.6. The van der Waals surface area contributed by atoms with Gasteiger partial charge in [0.05, 0.1) is 22.6 Å². The molecule has 39 heavy (non-hydrogen) atoms. The third kappa shape index (κ3) is 5.34. The fourth-order valence-electron chi connectivity index (χ4n) is 4.27. The van der Waals surface area contributed by atoms with E-state index < -0.39 is 15.7 Å². The number of ether oxygens (including phenoxy) is 1. The van der Waals surface area contributed by atoms with Crippen LogP contribution in [0.3, 0.4) is 0 Å². The number of rotatable bonds is 7. The number of anilines is 1. The number of benzene rings is 3. The monoisotopic (exact) mass is 564 g/mol. The van der Waals surface area contributed by atoms with Crippen molar-refractivity contribution in [2.45, 2.75) is 23.3 Å². The van der Waals surface area contributed by atoms with E-state index in [-0.39, 0.29) is 33.6 Å². The highest BCUT2D eigenvalue weighted by atomic mass is 35.5. The van der Waals surface area contributed by atoms with Gasteiger partial charge in [0.25, 0.3) is 0 Å². The Labute approximate surface area is 228 Å². The third-order valence-corrected chi connectivity index (χ3v) is 8.09. The molecule has 0 radical (unpaired) electrons. The first-order valence-electron chi connectivity index (χ1n) is 11.7. The number of nitrogens with zero attached hydrogens (tertiary/aromatic N) is 3. The molecular weight excluding hydrogens is 543 g/mol. The number of methoxy groups -OCH3 is 1. The molecule has 1 amide bonds. The smallest absolute Gasteiger partial charge is 0.246 e. The SMILES string of the molecule is COc1cc(NC(=O)Cn2nc(C)c3c(-c4ccc(F)cc4)ccnc32)cc(S(=O)(=O)c2ccc(Cl)cc2)c1. The molecule has 0 bridgehead atoms. The van der Waals surface area contributed by atoms with Crippen molar-refractivity contribution in [1.29, 1.82) is 0 Å². The molecule has 3 aromatic carbocycles. The fourth-order valence-corrected chi connectivity index (χ4v) is 5.71. The molecule has 0 saturated carbocycles. The van der Waals surface area contributed by atoms with E-state index in [4.69, 9.17) is 16.3 Å². The number of carbonyl (C=O) groups excluding carboxylic acids is 1. The summed E-state index contributed by atoms with van der Waals surface area (Å²) in [6, 6.07) is 18.0. The number of halogens is 2. The molecule has 0 aliphatic carbocycles. The van der Waals surface area contributed by atoms with Crippen LogP contribution in [0, 0.1) is 12.7 Å². The van der Waals surface area contributed by atoms with Crippen LogP contribution in [0.5, 0.6) is 5.75 Å². The average molecular weight is 565 g/mol. The maximum atomic E-state index is 13.4. The Balaban J connectivity index is 1.43. The molecule has 0 spiro atoms. The molecule has 2 heterocycles. The van der Waals surface area contributed by atoms with Gasteiger partial charge in [-0.2, -0.15) is 5.10 Å². The largest absolute Gasteiger partial charge is 0.497 e. The number of carbonyl (C=O) groups is 1. The van der Waals surface area contributed by atoms with E-state index in [0.29, 0.717) is 16.4 Å². The lowest BCUT2D eigenvalue weighted by atomic mass is 10.0. The standard InChI is InChI=1S/C28H22ClFN4O4S/c1-17-27-25(18-3-7-20(30)8-4-18)11-12-31-28(27)34(33-17)16-26(35)32-21-13-22(38-2)15-24(14-21)39(36,37)23-9-5-19(29)6-10-23/h3-15H,16H2,1-2H3,(H,32,35). The van der Waals surface area contributed by atoms with Crippen LogP contribution in [-0.4, -0.2) is 36.2 Å². The average Bonchev–Trinajstić information content (AvgIpc) is 3.24. The van der Waals surface area contributed by atoms with Gasteiger partial charge in [-0.3, -0.25) is 4.79 Å². The van der Waals surface area contributed by atoms with E-state index in [9.17, 15) is 17.6 Å². The summed E-state index contributed by atoms with van der Waals surface area (Å²) in [4.78, 5) is 17.5. The summed E-state index contributed by atoms with van der Waals surface area (Å²) in [6.45, 7) is 1.63. The van der Waals surface area contributed by atoms with Gasteiger partial charge in [-0.25, -0.2) is 22.5 Å². The number of amides is 1. The first kappa shape index (κ1) is 26.3. The minimum atomic E-state index is -3.91. The summed E-state index contributed by atoms with van der Waals surface area (Å²) < 4.78 is 46.6. The number of fused-ring (bicyclic) bond motifs is 1. The molecule has 2 aromatic heterocycles. The second-order valence-electron chi connectivity index (χ2n) is 8.71. The van der Waals surface area contributed by atoms with Crippen LogP contribution in [0.25, 0.3) is 22.2 Å². The second-order valence-corrected chi connectivity index (χ2v) is 11.1. The van der Waals surface area contributed by atoms with Gasteiger partial charge in [-0.05, 0) is 72.6 Å². The van der Waals surface area contributed by atoms with Gasteiger partial charge >= 0.3 is 0 Å². The topological polar surface area (TPSA) is 103 Å². The maximum absolute atomic E-state index is 13.4. The van der Waals surface area contributed by atoms with E-state index in [2.05, 4.69) is 15.4 Å². The second kappa shape index (κ2) is 10.5. The summed E-state index contributed by atoms with van der Waals surface area (Å²) in [5.74, 6) is -0.530. The van der Waals surface area contributed by atoms with Crippen molar-refractivity contribution in [2.24, 2.45) is 0 Å². The summed E-state index contributed by atoms with van der Waals surface area (Å²) in [7, 11) is -2.50. The van der Waals surface area contributed by atoms with Gasteiger partial charge < -0.3 is 10.1 Å². The number of hydrogen-bond donors (Lipinski definition) is 1. The fraction of sp³-hybridized carbons (Fsp3) is 0.107. The van der Waals surface area contributed by atoms with Gasteiger partial charge in [-0.1, -0.05) is 23.7 Å². The molecule has 5 rings (SSSR count). The van der Waals surface area contributed by atoms with Crippen LogP contribution >= 0.6 is 11.6 Å². The van der Waals surface area contributed by atoms with Gasteiger partial charge in [-0.15, -0.1) is 0 Å². The zero-order valence-electron chi connectivity index (χ0n) is 20.9. The third-order valence-electron chi connectivity index (χ3n) is 6.09. The molecule has 1 N–H and O–H groups in total. The normalized spacial score (nSPS) is 11.5. The van der Waals surface area contributed by atoms with E-state index in [1.165, 1.54) is 66.4 Å². The Kier molecular flexibility index (Phi) is 7.07. The van der Waals surface area contributed by atoms with E-state index in [0.717, 1.165) is 16.5 Å². The highest BCUT2D eigenvalue weighted by molar-refractivity contribution is 7.91. The van der Waals surface area contributed by atoms with Crippen molar-refractivity contribution < 1.29 is 22.3 Å². The van der Waals surface area contributed by atoms with Crippen molar-refractivity contribution in [2.75, 3.05) is 12.4 Å². The number of aryl methyl sites for hydroxylation is 1. The number of nitrogens with one attached hydrogen (secondary N) is 1. The summed E-state index contributed by atoms with van der Waals surface area (Å²) in [6.07, 6.45) is 1.60. The predicted octanol–water partition coefficient (Wildman–Crippen LogP) is 5.68. The molecule has 0 aliphatic heterocycles. The Morgan fingerprint density at radius 3 is 2.44 bits per heavy atom. The van der Waals surface area contributed by atoms with Crippen LogP contribution in [0.15, 0.2) is 88.8 Å². The number of sulfone groups is 1. The van der Waals surface area contributed by atoms with E-state index in [1.54, 1.807) is 25.3 Å². The molecule has 0 unspecified atom stereocenters. The Hall–Kier alpha value is -4.28. The Morgan fingerprint density at radius 1 is 1.03 bits per heavy atom. The molecular formula is C28H22ClFN4O4S. The predicted molar refractivity (Wildman–Crippen MR) is 146 cm³/mol. The molecule has 0 fully saturated rings. The van der Waals surface area contributed by atoms with Crippen molar-refractivity contribution >= 4 is 44.1 Å². The molecule has 198 valence electrons. The van der Waals surface area contributed by atoms with Crippen molar-refractivity contribution in [3.05, 3.63) is 95.5 Å². The zero-order valence-corrected chi connectivity index (χ0v) is 22.4. The molecule has 0 atom stereocenters. The van der Waals surface area contributed by atoms with Crippen LogP contribution in [0.4, 0.5) is 10.1 Å². The van der Waals surface area contributed by atoms with Crippen molar-refractivity contribution in [3.63, 3.8) is 0 Å². The van der Waals surface area contributed by atoms with Crippen LogP contribution < -0.4 is 10.1 Å². The Morgan fingerprint density at radius 2 is 1.74 bits per heavy atom. The first-order chi connectivity index (χ1) is 18.7. The van der Waals surface area contributed by atoms with Gasteiger partial charge in [0.2, 0.25) is 15.7 Å². The van der Waals surface area contributed by atoms with Crippen LogP contribution in [0.2, 0.25) is 5.02 Å². The Bertz CT molecular complexity index is 1800. The zero-order chi connectivity index (χ0) is 27.7. The summed E-state index contributed by atoms with van der Waals surface area (Å²) in [5.41, 5.74) is 2.99. The van der Waals surface area contributed by atoms with Crippen LogP contribution in [-0.2, 0) is 21.2 Å². The molecule has 0 saturated heterocycles. The van der Waals surface area contributed by atoms with Gasteiger partial charge in [0, 0.05) is 28.4 Å². The molecule has 11 heteroatoms. The van der Waals surface area contributed by atoms with Gasteiger partial charge in [0.1, 0.15) is 18.1 Å².